The number of carbonyl (C=O) groups excluding carboxylic acids is 2. The standard InChI is InChI=1S/C29H35Cl2FN4O2/c1-28(2,3)14-18-16-36(27(38)34-15-17-9-11-33-12-10-17)25(20-5-4-6-22(31)24(20)32)29(18)21-8-7-19(30)13-23(21)35-26(29)37/h4-8,13,17-18,25,33H,9-12,14-16H2,1-3H3,(H,34,38)(H,35,37). The van der Waals surface area contributed by atoms with Crippen LogP contribution in [0.5, 0.6) is 0 Å². The second-order valence-corrected chi connectivity index (χ2v) is 12.9. The van der Waals surface area contributed by atoms with Crippen LogP contribution in [-0.4, -0.2) is 43.0 Å². The van der Waals surface area contributed by atoms with Crippen molar-refractivity contribution in [3.63, 3.8) is 0 Å². The van der Waals surface area contributed by atoms with E-state index < -0.39 is 17.3 Å². The summed E-state index contributed by atoms with van der Waals surface area (Å²) < 4.78 is 15.8. The van der Waals surface area contributed by atoms with Crippen LogP contribution in [0.2, 0.25) is 10.0 Å². The smallest absolute Gasteiger partial charge is 0.317 e. The number of carbonyl (C=O) groups is 2. The van der Waals surface area contributed by atoms with Gasteiger partial charge in [0.1, 0.15) is 11.2 Å². The minimum absolute atomic E-state index is 0.0401. The summed E-state index contributed by atoms with van der Waals surface area (Å²) in [5, 5.41) is 9.94. The lowest BCUT2D eigenvalue weighted by molar-refractivity contribution is -0.123. The zero-order chi connectivity index (χ0) is 27.2. The molecule has 2 aromatic carbocycles. The van der Waals surface area contributed by atoms with Crippen molar-refractivity contribution in [1.82, 2.24) is 15.5 Å². The first-order valence-corrected chi connectivity index (χ1v) is 14.1. The fourth-order valence-corrected chi connectivity index (χ4v) is 7.04. The molecule has 9 heteroatoms. The van der Waals surface area contributed by atoms with Crippen LogP contribution in [0.3, 0.4) is 0 Å². The molecule has 3 amide bonds. The van der Waals surface area contributed by atoms with Gasteiger partial charge in [-0.1, -0.05) is 62.2 Å². The van der Waals surface area contributed by atoms with Crippen LogP contribution in [0.4, 0.5) is 14.9 Å². The molecule has 3 unspecified atom stereocenters. The Labute approximate surface area is 233 Å². The van der Waals surface area contributed by atoms with Crippen LogP contribution in [0.25, 0.3) is 0 Å². The molecule has 0 aliphatic carbocycles. The predicted molar refractivity (Wildman–Crippen MR) is 149 cm³/mol. The van der Waals surface area contributed by atoms with E-state index in [1.807, 2.05) is 6.07 Å². The Hall–Kier alpha value is -2.35. The third kappa shape index (κ3) is 4.78. The van der Waals surface area contributed by atoms with Gasteiger partial charge in [0.05, 0.1) is 11.1 Å². The van der Waals surface area contributed by atoms with Crippen LogP contribution in [0.1, 0.15) is 57.2 Å². The SMILES string of the molecule is CC(C)(C)CC1CN(C(=O)NCC2CCNCC2)C(c2cccc(Cl)c2F)C12C(=O)Nc1cc(Cl)ccc12. The van der Waals surface area contributed by atoms with E-state index in [0.717, 1.165) is 31.5 Å². The van der Waals surface area contributed by atoms with Crippen molar-refractivity contribution in [1.29, 1.82) is 0 Å². The van der Waals surface area contributed by atoms with E-state index in [0.29, 0.717) is 36.1 Å². The Morgan fingerprint density at radius 3 is 2.63 bits per heavy atom. The van der Waals surface area contributed by atoms with E-state index in [-0.39, 0.29) is 33.9 Å². The molecule has 0 saturated carbocycles. The molecule has 2 saturated heterocycles. The van der Waals surface area contributed by atoms with Gasteiger partial charge in [-0.3, -0.25) is 4.79 Å². The van der Waals surface area contributed by atoms with Gasteiger partial charge in [0, 0.05) is 29.4 Å². The highest BCUT2D eigenvalue weighted by molar-refractivity contribution is 6.31. The lowest BCUT2D eigenvalue weighted by Crippen LogP contribution is -2.48. The Morgan fingerprint density at radius 2 is 1.92 bits per heavy atom. The molecule has 2 fully saturated rings. The molecule has 3 N–H and O–H groups in total. The van der Waals surface area contributed by atoms with Gasteiger partial charge in [-0.05, 0) is 73.4 Å². The fourth-order valence-electron chi connectivity index (χ4n) is 6.69. The number of benzene rings is 2. The maximum absolute atomic E-state index is 15.8. The fraction of sp³-hybridized carbons (Fsp3) is 0.517. The summed E-state index contributed by atoms with van der Waals surface area (Å²) in [5.74, 6) is -0.748. The summed E-state index contributed by atoms with van der Waals surface area (Å²) in [6, 6.07) is 8.94. The van der Waals surface area contributed by atoms with Crippen molar-refractivity contribution >= 4 is 40.8 Å². The summed E-state index contributed by atoms with van der Waals surface area (Å²) in [6.45, 7) is 9.05. The molecule has 2 aromatic rings. The molecule has 0 bridgehead atoms. The van der Waals surface area contributed by atoms with E-state index in [9.17, 15) is 9.59 Å². The molecule has 0 aromatic heterocycles. The number of hydrogen-bond donors (Lipinski definition) is 3. The Bertz CT molecular complexity index is 1240. The molecular weight excluding hydrogens is 526 g/mol. The number of fused-ring (bicyclic) bond motifs is 2. The zero-order valence-corrected chi connectivity index (χ0v) is 23.6. The van der Waals surface area contributed by atoms with E-state index in [4.69, 9.17) is 23.2 Å². The molecule has 38 heavy (non-hydrogen) atoms. The summed E-state index contributed by atoms with van der Waals surface area (Å²) in [4.78, 5) is 29.7. The number of halogens is 3. The number of anilines is 1. The van der Waals surface area contributed by atoms with Crippen molar-refractivity contribution in [2.45, 2.75) is 51.5 Å². The van der Waals surface area contributed by atoms with Gasteiger partial charge in [0.2, 0.25) is 5.91 Å². The van der Waals surface area contributed by atoms with Crippen molar-refractivity contribution in [3.8, 4) is 0 Å². The molecule has 3 heterocycles. The van der Waals surface area contributed by atoms with Crippen LogP contribution >= 0.6 is 23.2 Å². The Kier molecular flexibility index (Phi) is 7.40. The van der Waals surface area contributed by atoms with Gasteiger partial charge < -0.3 is 20.9 Å². The van der Waals surface area contributed by atoms with Crippen molar-refractivity contribution in [2.24, 2.45) is 17.3 Å². The minimum Gasteiger partial charge on any atom is -0.338 e. The average molecular weight is 562 g/mol. The molecule has 0 radical (unpaired) electrons. The number of amides is 3. The first-order valence-electron chi connectivity index (χ1n) is 13.3. The highest BCUT2D eigenvalue weighted by Gasteiger charge is 2.65. The maximum atomic E-state index is 15.8. The first-order chi connectivity index (χ1) is 18.0. The van der Waals surface area contributed by atoms with Gasteiger partial charge in [-0.25, -0.2) is 9.18 Å². The number of piperidine rings is 1. The molecular formula is C29H35Cl2FN4O2. The second-order valence-electron chi connectivity index (χ2n) is 12.1. The van der Waals surface area contributed by atoms with Gasteiger partial charge in [0.15, 0.2) is 0 Å². The number of nitrogens with zero attached hydrogens (tertiary/aromatic N) is 1. The van der Waals surface area contributed by atoms with Crippen LogP contribution in [-0.2, 0) is 10.2 Å². The second kappa shape index (κ2) is 10.3. The molecule has 204 valence electrons. The van der Waals surface area contributed by atoms with Crippen molar-refractivity contribution in [3.05, 3.63) is 63.4 Å². The highest BCUT2D eigenvalue weighted by atomic mass is 35.5. The van der Waals surface area contributed by atoms with Crippen LogP contribution in [0, 0.1) is 23.1 Å². The van der Waals surface area contributed by atoms with Crippen LogP contribution < -0.4 is 16.0 Å². The topological polar surface area (TPSA) is 73.5 Å². The van der Waals surface area contributed by atoms with Crippen molar-refractivity contribution in [2.75, 3.05) is 31.5 Å². The molecule has 5 rings (SSSR count). The lowest BCUT2D eigenvalue weighted by Gasteiger charge is -2.38. The first kappa shape index (κ1) is 27.2. The summed E-state index contributed by atoms with van der Waals surface area (Å²) >= 11 is 12.6. The van der Waals surface area contributed by atoms with Gasteiger partial charge in [-0.2, -0.15) is 0 Å². The monoisotopic (exact) mass is 560 g/mol. The molecule has 6 nitrogen and oxygen atoms in total. The Balaban J connectivity index is 1.64. The summed E-state index contributed by atoms with van der Waals surface area (Å²) in [6.07, 6.45) is 2.62. The van der Waals surface area contributed by atoms with E-state index in [1.54, 1.807) is 29.2 Å². The predicted octanol–water partition coefficient (Wildman–Crippen LogP) is 6.14. The Morgan fingerprint density at radius 1 is 1.18 bits per heavy atom. The van der Waals surface area contributed by atoms with E-state index >= 15 is 4.39 Å². The number of likely N-dealkylation sites (tertiary alicyclic amines) is 1. The van der Waals surface area contributed by atoms with Gasteiger partial charge >= 0.3 is 6.03 Å². The van der Waals surface area contributed by atoms with E-state index in [2.05, 4.69) is 36.7 Å². The minimum atomic E-state index is -1.20. The largest absolute Gasteiger partial charge is 0.338 e. The quantitative estimate of drug-likeness (QED) is 0.420. The molecule has 3 aliphatic heterocycles. The summed E-state index contributed by atoms with van der Waals surface area (Å²) in [7, 11) is 0. The van der Waals surface area contributed by atoms with Crippen LogP contribution in [0.15, 0.2) is 36.4 Å². The van der Waals surface area contributed by atoms with E-state index in [1.165, 1.54) is 6.07 Å². The zero-order valence-electron chi connectivity index (χ0n) is 22.0. The molecule has 1 spiro atoms. The molecule has 3 aliphatic rings. The third-order valence-electron chi connectivity index (χ3n) is 8.25. The average Bonchev–Trinajstić information content (AvgIpc) is 3.33. The number of hydrogen-bond acceptors (Lipinski definition) is 3. The maximum Gasteiger partial charge on any atom is 0.317 e. The number of rotatable bonds is 4. The van der Waals surface area contributed by atoms with Gasteiger partial charge in [-0.15, -0.1) is 0 Å². The third-order valence-corrected chi connectivity index (χ3v) is 8.78. The van der Waals surface area contributed by atoms with Gasteiger partial charge in [0.25, 0.3) is 0 Å². The summed E-state index contributed by atoms with van der Waals surface area (Å²) in [5.41, 5.74) is 0.227. The van der Waals surface area contributed by atoms with Crippen molar-refractivity contribution < 1.29 is 14.0 Å². The lowest BCUT2D eigenvalue weighted by atomic mass is 9.63. The normalized spacial score (nSPS) is 25.5. The highest BCUT2D eigenvalue weighted by Crippen LogP contribution is 2.60. The molecule has 3 atom stereocenters. The number of urea groups is 1. The number of nitrogens with one attached hydrogen (secondary N) is 3.